The number of sulfone groups is 1. The van der Waals surface area contributed by atoms with Crippen LogP contribution in [0.3, 0.4) is 0 Å². The van der Waals surface area contributed by atoms with Crippen molar-refractivity contribution in [3.8, 4) is 0 Å². The van der Waals surface area contributed by atoms with Crippen molar-refractivity contribution in [2.45, 2.75) is 11.5 Å². The van der Waals surface area contributed by atoms with E-state index in [4.69, 9.17) is 5.73 Å². The third-order valence-corrected chi connectivity index (χ3v) is 4.50. The summed E-state index contributed by atoms with van der Waals surface area (Å²) >= 11 is 1.16. The summed E-state index contributed by atoms with van der Waals surface area (Å²) in [5, 5.41) is 0.457. The van der Waals surface area contributed by atoms with E-state index in [9.17, 15) is 13.2 Å². The van der Waals surface area contributed by atoms with Gasteiger partial charge in [0, 0.05) is 5.56 Å². The summed E-state index contributed by atoms with van der Waals surface area (Å²) in [5.41, 5.74) is 6.82. The lowest BCUT2D eigenvalue weighted by atomic mass is 10.2. The quantitative estimate of drug-likeness (QED) is 0.698. The van der Waals surface area contributed by atoms with Crippen molar-refractivity contribution in [1.82, 2.24) is 0 Å². The van der Waals surface area contributed by atoms with Crippen molar-refractivity contribution in [2.75, 3.05) is 5.73 Å². The van der Waals surface area contributed by atoms with Gasteiger partial charge in [-0.3, -0.25) is 4.79 Å². The molecule has 6 heteroatoms. The van der Waals surface area contributed by atoms with Gasteiger partial charge in [-0.15, -0.1) is 11.3 Å². The molecule has 0 aromatic carbocycles. The van der Waals surface area contributed by atoms with Gasteiger partial charge in [-0.2, -0.15) is 0 Å². The predicted molar refractivity (Wildman–Crippen MR) is 50.4 cm³/mol. The normalized spacial score (nSPS) is 18.5. The summed E-state index contributed by atoms with van der Waals surface area (Å²) < 4.78 is 22.4. The molecule has 0 bridgehead atoms. The van der Waals surface area contributed by atoms with Crippen molar-refractivity contribution in [3.63, 3.8) is 0 Å². The molecular weight excluding hydrogens is 210 g/mol. The molecule has 13 heavy (non-hydrogen) atoms. The van der Waals surface area contributed by atoms with Gasteiger partial charge in [0.05, 0.1) is 21.4 Å². The van der Waals surface area contributed by atoms with Crippen LogP contribution in [0.2, 0.25) is 0 Å². The van der Waals surface area contributed by atoms with Crippen molar-refractivity contribution >= 4 is 32.5 Å². The molecule has 0 radical (unpaired) electrons. The zero-order valence-corrected chi connectivity index (χ0v) is 8.24. The molecule has 1 aliphatic rings. The van der Waals surface area contributed by atoms with Crippen LogP contribution >= 0.6 is 11.3 Å². The highest BCUT2D eigenvalue weighted by molar-refractivity contribution is 7.90. The number of hydrogen-bond acceptors (Lipinski definition) is 5. The van der Waals surface area contributed by atoms with Crippen LogP contribution in [0.25, 0.3) is 0 Å². The molecule has 0 saturated carbocycles. The lowest BCUT2D eigenvalue weighted by molar-refractivity contribution is 0.112. The maximum absolute atomic E-state index is 11.2. The lowest BCUT2D eigenvalue weighted by Gasteiger charge is -1.90. The Hall–Kier alpha value is -0.880. The molecule has 0 aliphatic carbocycles. The van der Waals surface area contributed by atoms with Gasteiger partial charge >= 0.3 is 0 Å². The molecule has 0 spiro atoms. The maximum atomic E-state index is 11.2. The number of thiophene rings is 1. The zero-order chi connectivity index (χ0) is 9.64. The average molecular weight is 217 g/mol. The Labute approximate surface area is 79.3 Å². The van der Waals surface area contributed by atoms with Gasteiger partial charge in [0.2, 0.25) is 0 Å². The van der Waals surface area contributed by atoms with Gasteiger partial charge in [0.1, 0.15) is 0 Å². The van der Waals surface area contributed by atoms with Gasteiger partial charge < -0.3 is 5.73 Å². The molecular formula is C7H7NO3S2. The van der Waals surface area contributed by atoms with Crippen molar-refractivity contribution in [2.24, 2.45) is 0 Å². The molecule has 2 heterocycles. The number of rotatable bonds is 1. The number of carbonyl (C=O) groups is 1. The fourth-order valence-electron chi connectivity index (χ4n) is 1.44. The minimum atomic E-state index is -3.05. The zero-order valence-electron chi connectivity index (χ0n) is 6.61. The average Bonchev–Trinajstić information content (AvgIpc) is 2.47. The SMILES string of the molecule is Nc1sc(C=O)c2c1CS(=O)(=O)C2. The van der Waals surface area contributed by atoms with E-state index >= 15 is 0 Å². The number of anilines is 1. The topological polar surface area (TPSA) is 77.2 Å². The first kappa shape index (κ1) is 8.71. The molecule has 2 rings (SSSR count). The van der Waals surface area contributed by atoms with Crippen LogP contribution < -0.4 is 5.73 Å². The second-order valence-electron chi connectivity index (χ2n) is 2.94. The largest absolute Gasteiger partial charge is 0.390 e. The highest BCUT2D eigenvalue weighted by Gasteiger charge is 2.30. The van der Waals surface area contributed by atoms with Crippen LogP contribution in [0.15, 0.2) is 0 Å². The van der Waals surface area contributed by atoms with E-state index in [1.54, 1.807) is 0 Å². The lowest BCUT2D eigenvalue weighted by Crippen LogP contribution is -1.97. The fraction of sp³-hybridized carbons (Fsp3) is 0.286. The Morgan fingerprint density at radius 1 is 1.31 bits per heavy atom. The minimum Gasteiger partial charge on any atom is -0.390 e. The first-order valence-corrected chi connectivity index (χ1v) is 6.23. The van der Waals surface area contributed by atoms with E-state index in [0.29, 0.717) is 27.3 Å². The molecule has 4 nitrogen and oxygen atoms in total. The molecule has 0 fully saturated rings. The standard InChI is InChI=1S/C7H7NO3S2/c8-7-5-3-13(10,11)2-4(5)6(1-9)12-7/h1H,2-3,8H2. The van der Waals surface area contributed by atoms with Crippen LogP contribution in [0.1, 0.15) is 20.8 Å². The number of fused-ring (bicyclic) bond motifs is 1. The number of aldehydes is 1. The highest BCUT2D eigenvalue weighted by atomic mass is 32.2. The van der Waals surface area contributed by atoms with E-state index < -0.39 is 9.84 Å². The summed E-state index contributed by atoms with van der Waals surface area (Å²) in [7, 11) is -3.05. The Balaban J connectivity index is 2.64. The van der Waals surface area contributed by atoms with Crippen molar-refractivity contribution in [1.29, 1.82) is 0 Å². The summed E-state index contributed by atoms with van der Waals surface area (Å²) in [4.78, 5) is 11.0. The molecule has 2 N–H and O–H groups in total. The van der Waals surface area contributed by atoms with Gasteiger partial charge in [0.15, 0.2) is 16.1 Å². The van der Waals surface area contributed by atoms with Crippen LogP contribution in [0.5, 0.6) is 0 Å². The Morgan fingerprint density at radius 3 is 2.54 bits per heavy atom. The summed E-state index contributed by atoms with van der Waals surface area (Å²) in [6.45, 7) is 0. The fourth-order valence-corrected chi connectivity index (χ4v) is 4.19. The second kappa shape index (κ2) is 2.55. The molecule has 0 saturated heterocycles. The number of nitrogen functional groups attached to an aromatic ring is 1. The smallest absolute Gasteiger partial charge is 0.160 e. The van der Waals surface area contributed by atoms with E-state index in [0.717, 1.165) is 11.3 Å². The molecule has 1 aromatic heterocycles. The third kappa shape index (κ3) is 1.26. The molecule has 0 unspecified atom stereocenters. The Kier molecular flexibility index (Phi) is 1.71. The van der Waals surface area contributed by atoms with Gasteiger partial charge in [-0.25, -0.2) is 8.42 Å². The number of hydrogen-bond donors (Lipinski definition) is 1. The number of nitrogens with two attached hydrogens (primary N) is 1. The van der Waals surface area contributed by atoms with E-state index in [1.807, 2.05) is 0 Å². The van der Waals surface area contributed by atoms with E-state index in [1.165, 1.54) is 0 Å². The molecule has 1 aromatic rings. The highest BCUT2D eigenvalue weighted by Crippen LogP contribution is 2.37. The van der Waals surface area contributed by atoms with Crippen molar-refractivity contribution < 1.29 is 13.2 Å². The van der Waals surface area contributed by atoms with Gasteiger partial charge in [-0.05, 0) is 5.56 Å². The van der Waals surface area contributed by atoms with Crippen LogP contribution in [0.4, 0.5) is 5.00 Å². The van der Waals surface area contributed by atoms with Crippen LogP contribution in [-0.2, 0) is 21.3 Å². The monoisotopic (exact) mass is 217 g/mol. The summed E-state index contributed by atoms with van der Waals surface area (Å²) in [6.07, 6.45) is 0.667. The van der Waals surface area contributed by atoms with Gasteiger partial charge in [-0.1, -0.05) is 0 Å². The molecule has 0 atom stereocenters. The molecule has 1 aliphatic heterocycles. The Bertz CT molecular complexity index is 472. The van der Waals surface area contributed by atoms with Gasteiger partial charge in [0.25, 0.3) is 0 Å². The maximum Gasteiger partial charge on any atom is 0.160 e. The predicted octanol–water partition coefficient (Wildman–Crippen LogP) is 0.571. The summed E-state index contributed by atoms with van der Waals surface area (Å²) in [5.74, 6) is -0.0530. The second-order valence-corrected chi connectivity index (χ2v) is 6.09. The number of carbonyl (C=O) groups excluding carboxylic acids is 1. The first-order valence-electron chi connectivity index (χ1n) is 3.59. The summed E-state index contributed by atoms with van der Waals surface area (Å²) in [6, 6.07) is 0. The molecule has 70 valence electrons. The van der Waals surface area contributed by atoms with Crippen LogP contribution in [-0.4, -0.2) is 14.7 Å². The van der Waals surface area contributed by atoms with E-state index in [2.05, 4.69) is 0 Å². The first-order chi connectivity index (χ1) is 6.03. The molecule has 0 amide bonds. The van der Waals surface area contributed by atoms with E-state index in [-0.39, 0.29) is 11.5 Å². The minimum absolute atomic E-state index is 0.0154. The van der Waals surface area contributed by atoms with Crippen LogP contribution in [0, 0.1) is 0 Å². The third-order valence-electron chi connectivity index (χ3n) is 2.01. The Morgan fingerprint density at radius 2 is 1.92 bits per heavy atom. The van der Waals surface area contributed by atoms with Crippen molar-refractivity contribution in [3.05, 3.63) is 16.0 Å².